The van der Waals surface area contributed by atoms with Crippen molar-refractivity contribution in [1.82, 2.24) is 4.98 Å². The summed E-state index contributed by atoms with van der Waals surface area (Å²) in [5.41, 5.74) is 1.97. The maximum atomic E-state index is 13.9. The van der Waals surface area contributed by atoms with Gasteiger partial charge in [0.15, 0.2) is 11.5 Å². The van der Waals surface area contributed by atoms with Crippen molar-refractivity contribution in [3.8, 4) is 17.2 Å². The van der Waals surface area contributed by atoms with Crippen LogP contribution in [0.2, 0.25) is 0 Å². The summed E-state index contributed by atoms with van der Waals surface area (Å²) in [6.45, 7) is 3.58. The lowest BCUT2D eigenvalue weighted by Gasteiger charge is -2.37. The third-order valence-corrected chi connectivity index (χ3v) is 11.8. The van der Waals surface area contributed by atoms with E-state index in [0.717, 1.165) is 56.3 Å². The number of aromatic nitrogens is 1. The van der Waals surface area contributed by atoms with Crippen LogP contribution in [-0.2, 0) is 14.3 Å². The van der Waals surface area contributed by atoms with Crippen LogP contribution in [0, 0.1) is 5.92 Å². The number of aromatic amines is 1. The van der Waals surface area contributed by atoms with Crippen LogP contribution >= 0.6 is 21.6 Å². The van der Waals surface area contributed by atoms with Gasteiger partial charge in [0.1, 0.15) is 11.9 Å². The molecule has 2 aromatic rings. The second kappa shape index (κ2) is 13.4. The number of phenolic OH excluding ortho intramolecular Hbond substituents is 2. The highest BCUT2D eigenvalue weighted by atomic mass is 33.1. The summed E-state index contributed by atoms with van der Waals surface area (Å²) in [6, 6.07) is 5.44. The minimum absolute atomic E-state index is 0.0237. The number of ketones is 1. The fraction of sp³-hybridized carbons (Fsp3) is 0.600. The number of esters is 1. The highest BCUT2D eigenvalue weighted by molar-refractivity contribution is 8.77. The summed E-state index contributed by atoms with van der Waals surface area (Å²) >= 11 is 0. The van der Waals surface area contributed by atoms with Crippen LogP contribution in [0.5, 0.6) is 17.2 Å². The van der Waals surface area contributed by atoms with Crippen molar-refractivity contribution in [2.45, 2.75) is 94.3 Å². The monoisotopic (exact) mass is 575 g/mol. The third kappa shape index (κ3) is 6.91. The van der Waals surface area contributed by atoms with Crippen LogP contribution in [-0.4, -0.2) is 50.7 Å². The maximum absolute atomic E-state index is 13.9. The smallest absolute Gasteiger partial charge is 0.302 e. The van der Waals surface area contributed by atoms with Gasteiger partial charge in [0.2, 0.25) is 5.75 Å². The molecule has 2 aliphatic rings. The molecule has 214 valence electrons. The third-order valence-electron chi connectivity index (χ3n) is 8.37. The number of nitrogens with one attached hydrogen (secondary N) is 1. The van der Waals surface area contributed by atoms with Gasteiger partial charge in [-0.05, 0) is 48.6 Å². The normalized spacial score (nSPS) is 25.8. The first-order valence-electron chi connectivity index (χ1n) is 14.0. The van der Waals surface area contributed by atoms with E-state index in [4.69, 9.17) is 9.47 Å². The molecule has 1 aliphatic carbocycles. The maximum Gasteiger partial charge on any atom is 0.302 e. The second-order valence-corrected chi connectivity index (χ2v) is 13.7. The minimum Gasteiger partial charge on any atom is -0.504 e. The van der Waals surface area contributed by atoms with Gasteiger partial charge in [-0.2, -0.15) is 0 Å². The molecule has 4 atom stereocenters. The lowest BCUT2D eigenvalue weighted by molar-refractivity contribution is -0.151. The number of carbonyl (C=O) groups excluding carboxylic acids is 2. The van der Waals surface area contributed by atoms with Gasteiger partial charge in [-0.15, -0.1) is 0 Å². The number of aromatic hydroxyl groups is 2. The predicted octanol–water partition coefficient (Wildman–Crippen LogP) is 7.10. The van der Waals surface area contributed by atoms with Gasteiger partial charge < -0.3 is 24.7 Å². The summed E-state index contributed by atoms with van der Waals surface area (Å²) in [5, 5.41) is 20.8. The second-order valence-electron chi connectivity index (χ2n) is 10.9. The highest BCUT2D eigenvalue weighted by Crippen LogP contribution is 2.58. The Bertz CT molecular complexity index is 1110. The van der Waals surface area contributed by atoms with E-state index in [2.05, 4.69) is 18.0 Å². The molecule has 2 heterocycles. The highest BCUT2D eigenvalue weighted by Gasteiger charge is 2.46. The average molecular weight is 576 g/mol. The van der Waals surface area contributed by atoms with Crippen molar-refractivity contribution in [1.29, 1.82) is 0 Å². The molecule has 1 saturated heterocycles. The molecule has 0 bridgehead atoms. The minimum atomic E-state index is -0.506. The molecule has 1 aromatic heterocycles. The van der Waals surface area contributed by atoms with E-state index in [1.807, 2.05) is 34.0 Å². The first kappa shape index (κ1) is 29.7. The fourth-order valence-electron chi connectivity index (χ4n) is 6.42. The van der Waals surface area contributed by atoms with Crippen LogP contribution in [0.1, 0.15) is 94.6 Å². The Morgan fingerprint density at radius 2 is 1.95 bits per heavy atom. The van der Waals surface area contributed by atoms with Gasteiger partial charge in [0.05, 0.1) is 7.11 Å². The van der Waals surface area contributed by atoms with Crippen LogP contribution in [0.3, 0.4) is 0 Å². The van der Waals surface area contributed by atoms with Crippen LogP contribution < -0.4 is 4.74 Å². The van der Waals surface area contributed by atoms with Gasteiger partial charge in [-0.3, -0.25) is 9.59 Å². The number of hydrogen-bond donors (Lipinski definition) is 3. The molecule has 0 unspecified atom stereocenters. The number of ether oxygens (including phenoxy) is 2. The Labute approximate surface area is 239 Å². The number of hydrogen-bond acceptors (Lipinski definition) is 8. The summed E-state index contributed by atoms with van der Waals surface area (Å²) < 4.78 is 11.1. The number of phenols is 2. The van der Waals surface area contributed by atoms with Crippen molar-refractivity contribution < 1.29 is 29.3 Å². The van der Waals surface area contributed by atoms with E-state index >= 15 is 0 Å². The molecule has 1 aromatic carbocycles. The number of unbranched alkanes of at least 4 members (excludes halogenated alkanes) is 1. The Morgan fingerprint density at radius 1 is 1.18 bits per heavy atom. The van der Waals surface area contributed by atoms with Crippen LogP contribution in [0.25, 0.3) is 0 Å². The summed E-state index contributed by atoms with van der Waals surface area (Å²) in [7, 11) is 5.17. The largest absolute Gasteiger partial charge is 0.504 e. The van der Waals surface area contributed by atoms with Gasteiger partial charge in [-0.1, -0.05) is 54.2 Å². The van der Waals surface area contributed by atoms with Crippen LogP contribution in [0.15, 0.2) is 30.6 Å². The molecule has 1 spiro atoms. The van der Waals surface area contributed by atoms with Crippen molar-refractivity contribution in [2.75, 3.05) is 12.9 Å². The average Bonchev–Trinajstić information content (AvgIpc) is 3.60. The summed E-state index contributed by atoms with van der Waals surface area (Å²) in [4.78, 5) is 29.4. The van der Waals surface area contributed by atoms with E-state index < -0.39 is 6.10 Å². The van der Waals surface area contributed by atoms with Gasteiger partial charge in [0, 0.05) is 60.4 Å². The summed E-state index contributed by atoms with van der Waals surface area (Å²) in [5.74, 6) is 0.143. The zero-order valence-electron chi connectivity index (χ0n) is 23.1. The standard InChI is InChI=1S/C30H41NO6S2/c1-4-5-8-23-24(20-9-12-31-17-20)18-38-39-30(10-6-7-11-30)25(15-22(33)16-27(23)37-19(2)32)21-13-26(34)29(35)28(14-21)36-3/h9,12-14,17,23-25,27,31,34-35H,4-8,10-11,15-16,18H2,1-3H3/t23-,24-,25-,27+/m1/s1. The Morgan fingerprint density at radius 3 is 2.59 bits per heavy atom. The fourth-order valence-corrected chi connectivity index (χ4v) is 10.3. The molecule has 1 aliphatic heterocycles. The molecular formula is C30H41NO6S2. The van der Waals surface area contributed by atoms with E-state index in [-0.39, 0.29) is 64.3 Å². The molecule has 1 saturated carbocycles. The van der Waals surface area contributed by atoms with E-state index in [1.165, 1.54) is 19.6 Å². The zero-order chi connectivity index (χ0) is 28.0. The number of H-pyrrole nitrogens is 1. The first-order valence-corrected chi connectivity index (χ1v) is 16.3. The number of carbonyl (C=O) groups is 2. The lowest BCUT2D eigenvalue weighted by Crippen LogP contribution is -2.35. The molecule has 7 nitrogen and oxygen atoms in total. The topological polar surface area (TPSA) is 109 Å². The van der Waals surface area contributed by atoms with Crippen LogP contribution in [0.4, 0.5) is 0 Å². The molecule has 39 heavy (non-hydrogen) atoms. The Hall–Kier alpha value is -2.26. The number of benzene rings is 1. The number of methoxy groups -OCH3 is 1. The number of Topliss-reactive ketones (excluding diaryl/α,β-unsaturated/α-hetero) is 1. The first-order chi connectivity index (χ1) is 18.8. The lowest BCUT2D eigenvalue weighted by atomic mass is 9.77. The molecule has 3 N–H and O–H groups in total. The van der Waals surface area contributed by atoms with Gasteiger partial charge >= 0.3 is 5.97 Å². The molecule has 2 fully saturated rings. The zero-order valence-corrected chi connectivity index (χ0v) is 24.7. The van der Waals surface area contributed by atoms with E-state index in [1.54, 1.807) is 12.1 Å². The van der Waals surface area contributed by atoms with Gasteiger partial charge in [0.25, 0.3) is 0 Å². The van der Waals surface area contributed by atoms with E-state index in [9.17, 15) is 19.8 Å². The van der Waals surface area contributed by atoms with Crippen molar-refractivity contribution >= 4 is 33.3 Å². The van der Waals surface area contributed by atoms with Gasteiger partial charge in [-0.25, -0.2) is 0 Å². The van der Waals surface area contributed by atoms with E-state index in [0.29, 0.717) is 0 Å². The Kier molecular flexibility index (Phi) is 10.2. The number of rotatable bonds is 7. The molecular weight excluding hydrogens is 534 g/mol. The SMILES string of the molecule is CCCC[C@H]1[C@@H](OC(C)=O)CC(=O)C[C@H](c2cc(O)c(O)c(OC)c2)C2(CCCC2)SSC[C@@H]1c1cc[nH]c1. The molecule has 0 radical (unpaired) electrons. The van der Waals surface area contributed by atoms with Crippen molar-refractivity contribution in [2.24, 2.45) is 5.92 Å². The molecule has 0 amide bonds. The van der Waals surface area contributed by atoms with Crippen molar-refractivity contribution in [3.05, 3.63) is 41.7 Å². The summed E-state index contributed by atoms with van der Waals surface area (Å²) in [6.07, 6.45) is 10.9. The predicted molar refractivity (Wildman–Crippen MR) is 157 cm³/mol. The Balaban J connectivity index is 1.77. The molecule has 9 heteroatoms. The molecule has 4 rings (SSSR count). The van der Waals surface area contributed by atoms with Crippen molar-refractivity contribution in [3.63, 3.8) is 0 Å². The quantitative estimate of drug-likeness (QED) is 0.182.